The summed E-state index contributed by atoms with van der Waals surface area (Å²) in [7, 11) is 3.69. The second-order valence-corrected chi connectivity index (χ2v) is 4.95. The van der Waals surface area contributed by atoms with E-state index >= 15 is 0 Å². The minimum atomic E-state index is 0. The van der Waals surface area contributed by atoms with Gasteiger partial charge in [-0.3, -0.25) is 0 Å². The van der Waals surface area contributed by atoms with Crippen molar-refractivity contribution in [2.24, 2.45) is 4.99 Å². The topological polar surface area (TPSA) is 50.0 Å². The Morgan fingerprint density at radius 3 is 2.57 bits per heavy atom. The van der Waals surface area contributed by atoms with Gasteiger partial charge in [0.05, 0.1) is 13.4 Å². The van der Waals surface area contributed by atoms with Crippen LogP contribution >= 0.6 is 24.0 Å². The highest BCUT2D eigenvalue weighted by Crippen LogP contribution is 2.12. The number of halogens is 1. The Hall–Kier alpha value is -1.70. The minimum absolute atomic E-state index is 0. The van der Waals surface area contributed by atoms with Crippen molar-refractivity contribution in [2.45, 2.75) is 20.0 Å². The van der Waals surface area contributed by atoms with Crippen molar-refractivity contribution in [1.29, 1.82) is 0 Å². The molecule has 0 amide bonds. The number of methoxy groups -OCH3 is 1. The van der Waals surface area contributed by atoms with Crippen molar-refractivity contribution in [1.82, 2.24) is 10.2 Å². The molecule has 1 aromatic heterocycles. The molecule has 1 N–H and O–H groups in total. The minimum Gasteiger partial charge on any atom is -0.497 e. The van der Waals surface area contributed by atoms with E-state index in [2.05, 4.69) is 34.3 Å². The Morgan fingerprint density at radius 1 is 1.26 bits per heavy atom. The summed E-state index contributed by atoms with van der Waals surface area (Å²) < 4.78 is 10.5. The van der Waals surface area contributed by atoms with Gasteiger partial charge in [-0.1, -0.05) is 12.1 Å². The average Bonchev–Trinajstić information content (AvgIpc) is 3.05. The lowest BCUT2D eigenvalue weighted by molar-refractivity contribution is 0.414. The number of nitrogens with one attached hydrogen (secondary N) is 1. The quantitative estimate of drug-likeness (QED) is 0.434. The highest BCUT2D eigenvalue weighted by Gasteiger charge is 2.07. The largest absolute Gasteiger partial charge is 0.497 e. The van der Waals surface area contributed by atoms with Gasteiger partial charge in [-0.05, 0) is 36.8 Å². The maximum Gasteiger partial charge on any atom is 0.194 e. The first kappa shape index (κ1) is 19.3. The zero-order valence-electron chi connectivity index (χ0n) is 13.8. The summed E-state index contributed by atoms with van der Waals surface area (Å²) in [5, 5.41) is 3.30. The highest BCUT2D eigenvalue weighted by molar-refractivity contribution is 14.0. The highest BCUT2D eigenvalue weighted by atomic mass is 127. The van der Waals surface area contributed by atoms with E-state index in [9.17, 15) is 0 Å². The fourth-order valence-electron chi connectivity index (χ4n) is 2.10. The molecule has 126 valence electrons. The molecule has 0 saturated carbocycles. The number of hydrogen-bond donors (Lipinski definition) is 1. The molecule has 0 aliphatic carbocycles. The maximum atomic E-state index is 5.32. The number of furan rings is 1. The lowest BCUT2D eigenvalue weighted by Gasteiger charge is -2.22. The maximum absolute atomic E-state index is 5.32. The molecule has 0 fully saturated rings. The first-order valence-corrected chi connectivity index (χ1v) is 7.37. The van der Waals surface area contributed by atoms with Gasteiger partial charge in [0.2, 0.25) is 0 Å². The molecule has 5 nitrogen and oxygen atoms in total. The fraction of sp³-hybridized carbons (Fsp3) is 0.353. The molecule has 23 heavy (non-hydrogen) atoms. The predicted octanol–water partition coefficient (Wildman–Crippen LogP) is 3.50. The standard InChI is InChI=1S/C17H23N3O2.HI/c1-4-18-17(19-12-16-6-5-11-22-16)20(2)13-14-7-9-15(21-3)10-8-14;/h5-11H,4,12-13H2,1-3H3,(H,18,19);1H. The molecule has 0 saturated heterocycles. The van der Waals surface area contributed by atoms with Crippen LogP contribution in [-0.2, 0) is 13.1 Å². The molecule has 0 aliphatic heterocycles. The Kier molecular flexibility index (Phi) is 8.53. The van der Waals surface area contributed by atoms with Crippen LogP contribution in [0, 0.1) is 0 Å². The molecular weight excluding hydrogens is 405 g/mol. The predicted molar refractivity (Wildman–Crippen MR) is 103 cm³/mol. The van der Waals surface area contributed by atoms with Crippen LogP contribution in [0.4, 0.5) is 0 Å². The molecule has 2 aromatic rings. The number of benzene rings is 1. The molecule has 0 aliphatic rings. The summed E-state index contributed by atoms with van der Waals surface area (Å²) in [6.45, 7) is 4.18. The lowest BCUT2D eigenvalue weighted by atomic mass is 10.2. The van der Waals surface area contributed by atoms with E-state index in [1.807, 2.05) is 31.3 Å². The molecule has 6 heteroatoms. The third-order valence-corrected chi connectivity index (χ3v) is 3.24. The van der Waals surface area contributed by atoms with Crippen LogP contribution < -0.4 is 10.1 Å². The molecule has 0 bridgehead atoms. The Bertz CT molecular complexity index is 582. The zero-order chi connectivity index (χ0) is 15.8. The van der Waals surface area contributed by atoms with E-state index < -0.39 is 0 Å². The lowest BCUT2D eigenvalue weighted by Crippen LogP contribution is -2.38. The van der Waals surface area contributed by atoms with Gasteiger partial charge < -0.3 is 19.4 Å². The first-order chi connectivity index (χ1) is 10.7. The number of guanidine groups is 1. The molecule has 0 unspecified atom stereocenters. The van der Waals surface area contributed by atoms with Crippen LogP contribution in [0.3, 0.4) is 0 Å². The van der Waals surface area contributed by atoms with E-state index in [-0.39, 0.29) is 24.0 Å². The van der Waals surface area contributed by atoms with Gasteiger partial charge >= 0.3 is 0 Å². The number of hydrogen-bond acceptors (Lipinski definition) is 3. The molecule has 1 aromatic carbocycles. The number of aliphatic imine (C=N–C) groups is 1. The van der Waals surface area contributed by atoms with Crippen LogP contribution in [0.25, 0.3) is 0 Å². The molecule has 2 rings (SSSR count). The third-order valence-electron chi connectivity index (χ3n) is 3.24. The Morgan fingerprint density at radius 2 is 2.00 bits per heavy atom. The van der Waals surface area contributed by atoms with Crippen molar-refractivity contribution < 1.29 is 9.15 Å². The van der Waals surface area contributed by atoms with Crippen LogP contribution in [0.1, 0.15) is 18.2 Å². The average molecular weight is 429 g/mol. The van der Waals surface area contributed by atoms with E-state index in [0.29, 0.717) is 6.54 Å². The van der Waals surface area contributed by atoms with Crippen molar-refractivity contribution in [3.05, 3.63) is 54.0 Å². The normalized spacial score (nSPS) is 10.8. The van der Waals surface area contributed by atoms with Crippen LogP contribution in [0.15, 0.2) is 52.1 Å². The first-order valence-electron chi connectivity index (χ1n) is 7.37. The summed E-state index contributed by atoms with van der Waals surface area (Å²) >= 11 is 0. The summed E-state index contributed by atoms with van der Waals surface area (Å²) in [5.41, 5.74) is 1.20. The Balaban J connectivity index is 0.00000264. The van der Waals surface area contributed by atoms with Crippen molar-refractivity contribution in [3.63, 3.8) is 0 Å². The summed E-state index contributed by atoms with van der Waals surface area (Å²) in [6.07, 6.45) is 1.67. The van der Waals surface area contributed by atoms with Gasteiger partial charge in [-0.2, -0.15) is 0 Å². The van der Waals surface area contributed by atoms with Gasteiger partial charge in [0, 0.05) is 20.1 Å². The zero-order valence-corrected chi connectivity index (χ0v) is 16.1. The van der Waals surface area contributed by atoms with E-state index in [4.69, 9.17) is 9.15 Å². The Labute approximate surface area is 154 Å². The fourth-order valence-corrected chi connectivity index (χ4v) is 2.10. The SMILES string of the molecule is CCNC(=NCc1ccco1)N(C)Cc1ccc(OC)cc1.I. The molecule has 0 atom stereocenters. The van der Waals surface area contributed by atoms with Crippen LogP contribution in [0.2, 0.25) is 0 Å². The van der Waals surface area contributed by atoms with Crippen LogP contribution in [0.5, 0.6) is 5.75 Å². The number of nitrogens with zero attached hydrogens (tertiary/aromatic N) is 2. The third kappa shape index (κ3) is 6.13. The summed E-state index contributed by atoms with van der Waals surface area (Å²) in [4.78, 5) is 6.69. The smallest absolute Gasteiger partial charge is 0.194 e. The molecule has 0 spiro atoms. The number of rotatable bonds is 6. The van der Waals surface area contributed by atoms with Gasteiger partial charge in [0.15, 0.2) is 5.96 Å². The van der Waals surface area contributed by atoms with Crippen molar-refractivity contribution >= 4 is 29.9 Å². The number of ether oxygens (including phenoxy) is 1. The second kappa shape index (κ2) is 10.1. The summed E-state index contributed by atoms with van der Waals surface area (Å²) in [6, 6.07) is 11.9. The van der Waals surface area contributed by atoms with Crippen molar-refractivity contribution in [2.75, 3.05) is 20.7 Å². The van der Waals surface area contributed by atoms with Crippen LogP contribution in [-0.4, -0.2) is 31.6 Å². The van der Waals surface area contributed by atoms with E-state index in [0.717, 1.165) is 30.6 Å². The molecule has 0 radical (unpaired) electrons. The summed E-state index contributed by atoms with van der Waals surface area (Å²) in [5.74, 6) is 2.58. The molecule has 1 heterocycles. The van der Waals surface area contributed by atoms with Gasteiger partial charge in [-0.25, -0.2) is 4.99 Å². The van der Waals surface area contributed by atoms with E-state index in [1.165, 1.54) is 5.56 Å². The van der Waals surface area contributed by atoms with Crippen molar-refractivity contribution in [3.8, 4) is 5.75 Å². The monoisotopic (exact) mass is 429 g/mol. The van der Waals surface area contributed by atoms with E-state index in [1.54, 1.807) is 13.4 Å². The molecular formula is C17H24IN3O2. The van der Waals surface area contributed by atoms with Gasteiger partial charge in [0.1, 0.15) is 18.1 Å². The van der Waals surface area contributed by atoms with Gasteiger partial charge in [-0.15, -0.1) is 24.0 Å². The second-order valence-electron chi connectivity index (χ2n) is 4.95. The van der Waals surface area contributed by atoms with Gasteiger partial charge in [0.25, 0.3) is 0 Å².